The number of hydrogen-bond acceptors (Lipinski definition) is 5. The van der Waals surface area contributed by atoms with Crippen molar-refractivity contribution in [3.8, 4) is 0 Å². The number of benzene rings is 2. The van der Waals surface area contributed by atoms with Gasteiger partial charge in [0.2, 0.25) is 10.0 Å². The molecule has 1 fully saturated rings. The molecule has 0 spiro atoms. The van der Waals surface area contributed by atoms with Crippen LogP contribution in [-0.2, 0) is 27.7 Å². The van der Waals surface area contributed by atoms with Crippen molar-refractivity contribution < 1.29 is 13.2 Å². The van der Waals surface area contributed by atoms with Crippen LogP contribution < -0.4 is 4.90 Å². The predicted molar refractivity (Wildman–Crippen MR) is 113 cm³/mol. The van der Waals surface area contributed by atoms with Crippen molar-refractivity contribution in [2.75, 3.05) is 37.7 Å². The molecule has 2 aromatic carbocycles. The SMILES string of the molecule is O=S(=O)(c1ccc2c(c1)CCN2Cc1cccc2cccnc12)N1CCOCC1. The lowest BCUT2D eigenvalue weighted by molar-refractivity contribution is 0.0730. The molecule has 0 bridgehead atoms. The molecule has 3 heterocycles. The van der Waals surface area contributed by atoms with Crippen LogP contribution in [0.15, 0.2) is 59.6 Å². The zero-order valence-corrected chi connectivity index (χ0v) is 16.9. The number of hydrogen-bond donors (Lipinski definition) is 0. The highest BCUT2D eigenvalue weighted by atomic mass is 32.2. The molecule has 29 heavy (non-hydrogen) atoms. The minimum Gasteiger partial charge on any atom is -0.379 e. The molecule has 0 unspecified atom stereocenters. The normalized spacial score (nSPS) is 17.6. The molecule has 1 saturated heterocycles. The second-order valence-corrected chi connectivity index (χ2v) is 9.41. The maximum atomic E-state index is 13.0. The van der Waals surface area contributed by atoms with Gasteiger partial charge in [0.25, 0.3) is 0 Å². The van der Waals surface area contributed by atoms with Crippen LogP contribution in [0.4, 0.5) is 5.69 Å². The van der Waals surface area contributed by atoms with Gasteiger partial charge >= 0.3 is 0 Å². The first-order chi connectivity index (χ1) is 14.1. The molecule has 3 aromatic rings. The van der Waals surface area contributed by atoms with Crippen LogP contribution in [0.25, 0.3) is 10.9 Å². The minimum absolute atomic E-state index is 0.381. The average molecular weight is 410 g/mol. The first-order valence-electron chi connectivity index (χ1n) is 9.91. The summed E-state index contributed by atoms with van der Waals surface area (Å²) in [4.78, 5) is 7.25. The Bertz CT molecular complexity index is 1150. The number of aromatic nitrogens is 1. The molecule has 0 atom stereocenters. The van der Waals surface area contributed by atoms with E-state index in [1.54, 1.807) is 6.07 Å². The molecule has 5 rings (SSSR count). The lowest BCUT2D eigenvalue weighted by Crippen LogP contribution is -2.40. The van der Waals surface area contributed by atoms with E-state index in [2.05, 4.69) is 34.1 Å². The zero-order valence-electron chi connectivity index (χ0n) is 16.1. The van der Waals surface area contributed by atoms with Gasteiger partial charge in [0.15, 0.2) is 0 Å². The van der Waals surface area contributed by atoms with E-state index in [0.29, 0.717) is 31.2 Å². The summed E-state index contributed by atoms with van der Waals surface area (Å²) in [7, 11) is -3.46. The number of morpholine rings is 1. The summed E-state index contributed by atoms with van der Waals surface area (Å²) < 4.78 is 32.7. The Labute approximate surface area is 170 Å². The van der Waals surface area contributed by atoms with Crippen LogP contribution in [0.5, 0.6) is 0 Å². The maximum absolute atomic E-state index is 13.0. The van der Waals surface area contributed by atoms with Crippen LogP contribution >= 0.6 is 0 Å². The summed E-state index contributed by atoms with van der Waals surface area (Å²) in [6, 6.07) is 15.8. The third-order valence-electron chi connectivity index (χ3n) is 5.73. The van der Waals surface area contributed by atoms with Crippen LogP contribution in [0, 0.1) is 0 Å². The van der Waals surface area contributed by atoms with E-state index < -0.39 is 10.0 Å². The molecule has 1 aromatic heterocycles. The molecule has 2 aliphatic heterocycles. The number of sulfonamides is 1. The molecule has 0 aliphatic carbocycles. The van der Waals surface area contributed by atoms with Crippen molar-refractivity contribution in [1.82, 2.24) is 9.29 Å². The molecule has 0 N–H and O–H groups in total. The summed E-state index contributed by atoms with van der Waals surface area (Å²) >= 11 is 0. The summed E-state index contributed by atoms with van der Waals surface area (Å²) in [5.74, 6) is 0. The minimum atomic E-state index is -3.46. The summed E-state index contributed by atoms with van der Waals surface area (Å²) in [6.07, 6.45) is 2.67. The van der Waals surface area contributed by atoms with Gasteiger partial charge in [-0.15, -0.1) is 0 Å². The Morgan fingerprint density at radius 1 is 1.00 bits per heavy atom. The van der Waals surface area contributed by atoms with E-state index in [0.717, 1.165) is 41.7 Å². The van der Waals surface area contributed by atoms with E-state index in [1.165, 1.54) is 9.87 Å². The Hall–Kier alpha value is -2.48. The van der Waals surface area contributed by atoms with E-state index in [1.807, 2.05) is 24.4 Å². The average Bonchev–Trinajstić information content (AvgIpc) is 3.17. The summed E-state index contributed by atoms with van der Waals surface area (Å²) in [6.45, 7) is 3.38. The number of rotatable bonds is 4. The topological polar surface area (TPSA) is 62.7 Å². The summed E-state index contributed by atoms with van der Waals surface area (Å²) in [5.41, 5.74) is 4.40. The van der Waals surface area contributed by atoms with Crippen molar-refractivity contribution in [3.05, 3.63) is 65.9 Å². The zero-order chi connectivity index (χ0) is 19.8. The lowest BCUT2D eigenvalue weighted by Gasteiger charge is -2.26. The van der Waals surface area contributed by atoms with Crippen molar-refractivity contribution in [2.45, 2.75) is 17.9 Å². The van der Waals surface area contributed by atoms with Crippen molar-refractivity contribution >= 4 is 26.6 Å². The molecular weight excluding hydrogens is 386 g/mol. The van der Waals surface area contributed by atoms with E-state index in [4.69, 9.17) is 4.74 Å². The molecule has 0 saturated carbocycles. The Morgan fingerprint density at radius 2 is 1.83 bits per heavy atom. The van der Waals surface area contributed by atoms with Gasteiger partial charge < -0.3 is 9.64 Å². The molecular formula is C22H23N3O3S. The van der Waals surface area contributed by atoms with E-state index in [-0.39, 0.29) is 0 Å². The molecule has 0 amide bonds. The van der Waals surface area contributed by atoms with Gasteiger partial charge in [0.1, 0.15) is 0 Å². The standard InChI is InChI=1S/C22H23N3O3S/c26-29(27,25-11-13-28-14-12-25)20-6-7-21-18(15-20)8-10-24(21)16-19-4-1-3-17-5-2-9-23-22(17)19/h1-7,9,15H,8,10-14,16H2. The Morgan fingerprint density at radius 3 is 2.69 bits per heavy atom. The number of nitrogens with zero attached hydrogens (tertiary/aromatic N) is 3. The Balaban J connectivity index is 1.42. The van der Waals surface area contributed by atoms with Crippen molar-refractivity contribution in [3.63, 3.8) is 0 Å². The second kappa shape index (κ2) is 7.40. The number of para-hydroxylation sites is 1. The fraction of sp³-hybridized carbons (Fsp3) is 0.318. The largest absolute Gasteiger partial charge is 0.379 e. The predicted octanol–water partition coefficient (Wildman–Crippen LogP) is 2.82. The number of anilines is 1. The van der Waals surface area contributed by atoms with Crippen molar-refractivity contribution in [1.29, 1.82) is 0 Å². The third kappa shape index (κ3) is 3.39. The molecule has 0 radical (unpaired) electrons. The highest BCUT2D eigenvalue weighted by molar-refractivity contribution is 7.89. The number of pyridine rings is 1. The third-order valence-corrected chi connectivity index (χ3v) is 7.62. The van der Waals surface area contributed by atoms with Gasteiger partial charge in [-0.3, -0.25) is 4.98 Å². The van der Waals surface area contributed by atoms with Crippen LogP contribution in [0.3, 0.4) is 0 Å². The van der Waals surface area contributed by atoms with E-state index >= 15 is 0 Å². The van der Waals surface area contributed by atoms with Gasteiger partial charge in [0, 0.05) is 43.4 Å². The second-order valence-electron chi connectivity index (χ2n) is 7.47. The highest BCUT2D eigenvalue weighted by Gasteiger charge is 2.28. The molecule has 2 aliphatic rings. The number of fused-ring (bicyclic) bond motifs is 2. The van der Waals surface area contributed by atoms with Gasteiger partial charge in [-0.25, -0.2) is 8.42 Å². The molecule has 150 valence electrons. The van der Waals surface area contributed by atoms with Gasteiger partial charge in [-0.2, -0.15) is 4.31 Å². The van der Waals surface area contributed by atoms with Gasteiger partial charge in [0.05, 0.1) is 23.6 Å². The maximum Gasteiger partial charge on any atom is 0.243 e. The molecule has 7 heteroatoms. The molecule has 6 nitrogen and oxygen atoms in total. The fourth-order valence-corrected chi connectivity index (χ4v) is 5.67. The Kier molecular flexibility index (Phi) is 4.73. The summed E-state index contributed by atoms with van der Waals surface area (Å²) in [5, 5.41) is 1.14. The lowest BCUT2D eigenvalue weighted by atomic mass is 10.1. The van der Waals surface area contributed by atoms with Crippen LogP contribution in [-0.4, -0.2) is 50.6 Å². The van der Waals surface area contributed by atoms with E-state index in [9.17, 15) is 8.42 Å². The monoisotopic (exact) mass is 409 g/mol. The first kappa shape index (κ1) is 18.5. The van der Waals surface area contributed by atoms with Crippen LogP contribution in [0.1, 0.15) is 11.1 Å². The van der Waals surface area contributed by atoms with Gasteiger partial charge in [-0.1, -0.05) is 24.3 Å². The first-order valence-corrected chi connectivity index (χ1v) is 11.4. The smallest absolute Gasteiger partial charge is 0.243 e. The van der Waals surface area contributed by atoms with Crippen molar-refractivity contribution in [2.24, 2.45) is 0 Å². The highest BCUT2D eigenvalue weighted by Crippen LogP contribution is 2.33. The number of ether oxygens (including phenoxy) is 1. The quantitative estimate of drug-likeness (QED) is 0.663. The fourth-order valence-electron chi connectivity index (χ4n) is 4.21. The van der Waals surface area contributed by atoms with Crippen LogP contribution in [0.2, 0.25) is 0 Å². The van der Waals surface area contributed by atoms with Gasteiger partial charge in [-0.05, 0) is 41.8 Å².